The van der Waals surface area contributed by atoms with Crippen LogP contribution >= 0.6 is 0 Å². The molecule has 2 aliphatic rings. The van der Waals surface area contributed by atoms with E-state index in [1.807, 2.05) is 72.8 Å². The lowest BCUT2D eigenvalue weighted by atomic mass is 9.59. The van der Waals surface area contributed by atoms with Gasteiger partial charge in [-0.05, 0) is 22.8 Å². The second-order valence-electron chi connectivity index (χ2n) is 10.6. The Balaban J connectivity index is 1.80. The number of imidazole rings is 1. The standard InChI is InChI=1S/C31H33N5O7/c1-41-29(42-2)15-13-21(14-16-29)30(19-9-5-3-6-10-19,20-11-7-4-8-12-20)31(25(39)24(38)22(17-37)43-31)36-18-33-23-26(36)34-28(32)35-27(23)40/h3-15,18,22,24-25,37-39H,16-17H2,1-2H3,(H3,32,34,35,40)/t22-,24-,25-,31+/m1/s1. The number of methoxy groups -OCH3 is 2. The molecule has 0 radical (unpaired) electrons. The number of H-pyrrole nitrogens is 1. The highest BCUT2D eigenvalue weighted by atomic mass is 16.7. The second kappa shape index (κ2) is 10.8. The first kappa shape index (κ1) is 28.9. The number of hydrogen-bond donors (Lipinski definition) is 5. The molecule has 6 N–H and O–H groups in total. The highest BCUT2D eigenvalue weighted by Gasteiger charge is 2.69. The molecule has 0 amide bonds. The molecular weight excluding hydrogens is 554 g/mol. The summed E-state index contributed by atoms with van der Waals surface area (Å²) in [5.74, 6) is -1.21. The van der Waals surface area contributed by atoms with Crippen LogP contribution in [0.1, 0.15) is 17.5 Å². The molecule has 2 aromatic heterocycles. The molecule has 1 saturated heterocycles. The van der Waals surface area contributed by atoms with Gasteiger partial charge in [0.2, 0.25) is 5.95 Å². The monoisotopic (exact) mass is 587 g/mol. The van der Waals surface area contributed by atoms with Crippen molar-refractivity contribution < 1.29 is 29.5 Å². The van der Waals surface area contributed by atoms with Crippen LogP contribution < -0.4 is 11.3 Å². The summed E-state index contributed by atoms with van der Waals surface area (Å²) < 4.78 is 19.6. The SMILES string of the molecule is COC1(OC)C=CC(C(c2ccccc2)(c2ccccc2)[C@@]2(n3cnc4c(=O)[nH]c(N)nc43)O[C@H](CO)[C@@H](O)[C@H]2O)=CC1. The number of allylic oxidation sites excluding steroid dienone is 1. The van der Waals surface area contributed by atoms with Gasteiger partial charge in [0, 0.05) is 20.6 Å². The van der Waals surface area contributed by atoms with E-state index < -0.39 is 47.4 Å². The van der Waals surface area contributed by atoms with Gasteiger partial charge in [0.05, 0.1) is 18.3 Å². The number of hydrogen-bond acceptors (Lipinski definition) is 10. The van der Waals surface area contributed by atoms with E-state index in [-0.39, 0.29) is 17.1 Å². The molecular formula is C31H33N5O7. The van der Waals surface area contributed by atoms with E-state index in [1.165, 1.54) is 10.9 Å². The van der Waals surface area contributed by atoms with Gasteiger partial charge in [0.25, 0.3) is 5.56 Å². The lowest BCUT2D eigenvalue weighted by Gasteiger charge is -2.52. The molecule has 4 atom stereocenters. The largest absolute Gasteiger partial charge is 0.394 e. The van der Waals surface area contributed by atoms with Crippen molar-refractivity contribution in [2.24, 2.45) is 0 Å². The first-order valence-electron chi connectivity index (χ1n) is 13.8. The number of aromatic nitrogens is 4. The van der Waals surface area contributed by atoms with Crippen molar-refractivity contribution in [2.45, 2.75) is 41.7 Å². The second-order valence-corrected chi connectivity index (χ2v) is 10.6. The van der Waals surface area contributed by atoms with Crippen molar-refractivity contribution in [3.05, 3.63) is 112 Å². The molecule has 1 aliphatic heterocycles. The van der Waals surface area contributed by atoms with Crippen molar-refractivity contribution >= 4 is 17.1 Å². The third-order valence-electron chi connectivity index (χ3n) is 8.60. The topological polar surface area (TPSA) is 178 Å². The molecule has 2 aromatic carbocycles. The Bertz CT molecular complexity index is 1690. The number of fused-ring (bicyclic) bond motifs is 1. The molecule has 0 spiro atoms. The highest BCUT2D eigenvalue weighted by molar-refractivity contribution is 5.72. The fourth-order valence-electron chi connectivity index (χ4n) is 6.58. The van der Waals surface area contributed by atoms with Gasteiger partial charge in [-0.2, -0.15) is 4.98 Å². The zero-order valence-corrected chi connectivity index (χ0v) is 23.6. The lowest BCUT2D eigenvalue weighted by molar-refractivity contribution is -0.178. The third-order valence-corrected chi connectivity index (χ3v) is 8.60. The molecule has 1 aliphatic carbocycles. The van der Waals surface area contributed by atoms with Crippen LogP contribution in [0.2, 0.25) is 0 Å². The van der Waals surface area contributed by atoms with Gasteiger partial charge in [-0.15, -0.1) is 0 Å². The van der Waals surface area contributed by atoms with Gasteiger partial charge in [-0.25, -0.2) is 4.98 Å². The van der Waals surface area contributed by atoms with Crippen LogP contribution in [0.4, 0.5) is 5.95 Å². The van der Waals surface area contributed by atoms with E-state index >= 15 is 0 Å². The molecule has 6 rings (SSSR count). The number of nitrogen functional groups attached to an aromatic ring is 1. The van der Waals surface area contributed by atoms with Crippen molar-refractivity contribution in [1.82, 2.24) is 19.5 Å². The fraction of sp³-hybridized carbons (Fsp3) is 0.323. The summed E-state index contributed by atoms with van der Waals surface area (Å²) in [5, 5.41) is 34.1. The molecule has 0 saturated carbocycles. The Hall–Kier alpha value is -4.17. The molecule has 224 valence electrons. The van der Waals surface area contributed by atoms with Crippen molar-refractivity contribution in [2.75, 3.05) is 26.6 Å². The zero-order chi connectivity index (χ0) is 30.4. The molecule has 0 unspecified atom stereocenters. The Morgan fingerprint density at radius 2 is 1.72 bits per heavy atom. The molecule has 43 heavy (non-hydrogen) atoms. The molecule has 12 heteroatoms. The number of aromatic amines is 1. The summed E-state index contributed by atoms with van der Waals surface area (Å²) in [5.41, 5.74) is 3.92. The number of anilines is 1. The minimum atomic E-state index is -1.99. The number of ether oxygens (including phenoxy) is 3. The Kier molecular flexibility index (Phi) is 7.29. The summed E-state index contributed by atoms with van der Waals surface area (Å²) in [6, 6.07) is 18.7. The van der Waals surface area contributed by atoms with Gasteiger partial charge in [0.1, 0.15) is 18.3 Å². The average molecular weight is 588 g/mol. The van der Waals surface area contributed by atoms with Gasteiger partial charge in [0.15, 0.2) is 22.7 Å². The first-order valence-corrected chi connectivity index (χ1v) is 13.8. The molecule has 4 aromatic rings. The highest BCUT2D eigenvalue weighted by Crippen LogP contribution is 2.58. The quantitative estimate of drug-likeness (QED) is 0.189. The third kappa shape index (κ3) is 4.10. The number of aliphatic hydroxyl groups excluding tert-OH is 3. The van der Waals surface area contributed by atoms with Crippen LogP contribution in [0.3, 0.4) is 0 Å². The number of benzene rings is 2. The lowest BCUT2D eigenvalue weighted by Crippen LogP contribution is -2.61. The van der Waals surface area contributed by atoms with Gasteiger partial charge in [-0.1, -0.05) is 72.8 Å². The molecule has 3 heterocycles. The average Bonchev–Trinajstić information content (AvgIpc) is 3.58. The van der Waals surface area contributed by atoms with E-state index in [0.29, 0.717) is 23.1 Å². The molecule has 12 nitrogen and oxygen atoms in total. The molecule has 1 fully saturated rings. The first-order chi connectivity index (χ1) is 20.8. The number of rotatable bonds is 8. The number of nitrogens with one attached hydrogen (secondary N) is 1. The van der Waals surface area contributed by atoms with E-state index in [4.69, 9.17) is 19.9 Å². The van der Waals surface area contributed by atoms with E-state index in [1.54, 1.807) is 20.3 Å². The number of nitrogens with two attached hydrogens (primary N) is 1. The fourth-order valence-corrected chi connectivity index (χ4v) is 6.58. The Morgan fingerprint density at radius 3 is 2.23 bits per heavy atom. The van der Waals surface area contributed by atoms with Gasteiger partial charge in [-0.3, -0.25) is 14.3 Å². The van der Waals surface area contributed by atoms with Crippen LogP contribution in [0.25, 0.3) is 11.2 Å². The van der Waals surface area contributed by atoms with Crippen LogP contribution in [-0.4, -0.2) is 79.8 Å². The minimum absolute atomic E-state index is 0.0193. The maximum Gasteiger partial charge on any atom is 0.280 e. The van der Waals surface area contributed by atoms with Gasteiger partial charge >= 0.3 is 0 Å². The maximum atomic E-state index is 12.9. The van der Waals surface area contributed by atoms with Crippen LogP contribution in [-0.2, 0) is 25.4 Å². The van der Waals surface area contributed by atoms with E-state index in [2.05, 4.69) is 15.0 Å². The van der Waals surface area contributed by atoms with Crippen molar-refractivity contribution in [1.29, 1.82) is 0 Å². The Morgan fingerprint density at radius 1 is 1.09 bits per heavy atom. The molecule has 0 bridgehead atoms. The van der Waals surface area contributed by atoms with Crippen molar-refractivity contribution in [3.63, 3.8) is 0 Å². The Labute approximate surface area is 246 Å². The summed E-state index contributed by atoms with van der Waals surface area (Å²) in [4.78, 5) is 24.1. The summed E-state index contributed by atoms with van der Waals surface area (Å²) in [6.45, 7) is -0.603. The number of aliphatic hydroxyl groups is 3. The maximum absolute atomic E-state index is 12.9. The van der Waals surface area contributed by atoms with Gasteiger partial charge < -0.3 is 35.3 Å². The minimum Gasteiger partial charge on any atom is -0.394 e. The van der Waals surface area contributed by atoms with Crippen LogP contribution in [0, 0.1) is 0 Å². The van der Waals surface area contributed by atoms with E-state index in [0.717, 1.165) is 0 Å². The summed E-state index contributed by atoms with van der Waals surface area (Å²) in [6.07, 6.45) is 2.73. The van der Waals surface area contributed by atoms with Crippen molar-refractivity contribution in [3.8, 4) is 0 Å². The normalized spacial score (nSPS) is 25.2. The number of nitrogens with zero attached hydrogens (tertiary/aromatic N) is 3. The van der Waals surface area contributed by atoms with Crippen LogP contribution in [0.15, 0.2) is 95.6 Å². The predicted octanol–water partition coefficient (Wildman–Crippen LogP) is 1.33. The zero-order valence-electron chi connectivity index (χ0n) is 23.6. The smallest absolute Gasteiger partial charge is 0.280 e. The predicted molar refractivity (Wildman–Crippen MR) is 157 cm³/mol. The summed E-state index contributed by atoms with van der Waals surface area (Å²) >= 11 is 0. The van der Waals surface area contributed by atoms with Crippen LogP contribution in [0.5, 0.6) is 0 Å². The summed E-state index contributed by atoms with van der Waals surface area (Å²) in [7, 11) is 3.10. The van der Waals surface area contributed by atoms with E-state index in [9.17, 15) is 20.1 Å².